The van der Waals surface area contributed by atoms with E-state index >= 15 is 0 Å². The summed E-state index contributed by atoms with van der Waals surface area (Å²) in [5.74, 6) is 0.282. The molecule has 6 nitrogen and oxygen atoms in total. The number of amides is 1. The third-order valence-electron chi connectivity index (χ3n) is 2.23. The Morgan fingerprint density at radius 2 is 2.12 bits per heavy atom. The highest BCUT2D eigenvalue weighted by Crippen LogP contribution is 2.22. The van der Waals surface area contributed by atoms with Crippen molar-refractivity contribution in [1.82, 2.24) is 4.90 Å². The molecule has 0 saturated heterocycles. The molecule has 0 unspecified atom stereocenters. The summed E-state index contributed by atoms with van der Waals surface area (Å²) in [7, 11) is 3.26. The van der Waals surface area contributed by atoms with Crippen molar-refractivity contribution in [3.63, 3.8) is 0 Å². The zero-order valence-electron chi connectivity index (χ0n) is 9.97. The number of nitrogens with zero attached hydrogens (tertiary/aromatic N) is 2. The van der Waals surface area contributed by atoms with Crippen molar-refractivity contribution in [2.45, 2.75) is 6.92 Å². The average Bonchev–Trinajstić information content (AvgIpc) is 2.25. The van der Waals surface area contributed by atoms with Crippen molar-refractivity contribution in [2.24, 2.45) is 0 Å². The van der Waals surface area contributed by atoms with Gasteiger partial charge in [-0.25, -0.2) is 0 Å². The molecule has 0 radical (unpaired) electrons. The molecule has 0 aromatic heterocycles. The van der Waals surface area contributed by atoms with Gasteiger partial charge in [0.25, 0.3) is 11.6 Å². The normalized spacial score (nSPS) is 9.82. The van der Waals surface area contributed by atoms with Gasteiger partial charge in [-0.05, 0) is 19.1 Å². The highest BCUT2D eigenvalue weighted by molar-refractivity contribution is 5.77. The summed E-state index contributed by atoms with van der Waals surface area (Å²) in [6.45, 7) is 1.54. The molecule has 1 aromatic rings. The second-order valence-electron chi connectivity index (χ2n) is 3.78. The first-order valence-corrected chi connectivity index (χ1v) is 5.00. The van der Waals surface area contributed by atoms with E-state index in [1.54, 1.807) is 27.1 Å². The van der Waals surface area contributed by atoms with Crippen LogP contribution in [0, 0.1) is 17.0 Å². The molecule has 6 heteroatoms. The summed E-state index contributed by atoms with van der Waals surface area (Å²) in [5.41, 5.74) is 0.543. The summed E-state index contributed by atoms with van der Waals surface area (Å²) >= 11 is 0. The maximum Gasteiger partial charge on any atom is 0.272 e. The molecule has 0 saturated carbocycles. The zero-order chi connectivity index (χ0) is 13.0. The van der Waals surface area contributed by atoms with E-state index in [0.29, 0.717) is 11.3 Å². The van der Waals surface area contributed by atoms with E-state index in [9.17, 15) is 14.9 Å². The minimum absolute atomic E-state index is 0.0382. The lowest BCUT2D eigenvalue weighted by molar-refractivity contribution is -0.385. The molecule has 0 aliphatic rings. The van der Waals surface area contributed by atoms with Crippen molar-refractivity contribution in [3.05, 3.63) is 33.9 Å². The molecule has 17 heavy (non-hydrogen) atoms. The van der Waals surface area contributed by atoms with Crippen molar-refractivity contribution in [1.29, 1.82) is 0 Å². The van der Waals surface area contributed by atoms with Crippen LogP contribution in [-0.4, -0.2) is 36.4 Å². The second-order valence-corrected chi connectivity index (χ2v) is 3.78. The first-order chi connectivity index (χ1) is 7.91. The molecular weight excluding hydrogens is 224 g/mol. The van der Waals surface area contributed by atoms with Crippen LogP contribution < -0.4 is 4.74 Å². The molecule has 92 valence electrons. The van der Waals surface area contributed by atoms with Crippen molar-refractivity contribution < 1.29 is 14.5 Å². The largest absolute Gasteiger partial charge is 0.484 e. The van der Waals surface area contributed by atoms with Crippen LogP contribution in [0.3, 0.4) is 0 Å². The van der Waals surface area contributed by atoms with Gasteiger partial charge in [0.05, 0.1) is 4.92 Å². The molecule has 0 spiro atoms. The summed E-state index contributed by atoms with van der Waals surface area (Å²) in [6, 6.07) is 4.39. The van der Waals surface area contributed by atoms with Crippen LogP contribution in [0.4, 0.5) is 5.69 Å². The lowest BCUT2D eigenvalue weighted by Crippen LogP contribution is -2.27. The second kappa shape index (κ2) is 5.29. The molecule has 0 aliphatic heterocycles. The Morgan fingerprint density at radius 1 is 1.47 bits per heavy atom. The Balaban J connectivity index is 2.71. The van der Waals surface area contributed by atoms with Crippen LogP contribution in [-0.2, 0) is 4.79 Å². The van der Waals surface area contributed by atoms with Crippen molar-refractivity contribution >= 4 is 11.6 Å². The van der Waals surface area contributed by atoms with Gasteiger partial charge in [0.1, 0.15) is 5.75 Å². The van der Waals surface area contributed by atoms with E-state index in [0.717, 1.165) is 0 Å². The predicted octanol–water partition coefficient (Wildman–Crippen LogP) is 1.37. The maximum atomic E-state index is 11.3. The van der Waals surface area contributed by atoms with Gasteiger partial charge in [0.15, 0.2) is 6.61 Å². The highest BCUT2D eigenvalue weighted by atomic mass is 16.6. The molecule has 0 bridgehead atoms. The number of carbonyl (C=O) groups excluding carboxylic acids is 1. The van der Waals surface area contributed by atoms with Gasteiger partial charge in [-0.2, -0.15) is 0 Å². The van der Waals surface area contributed by atoms with E-state index in [-0.39, 0.29) is 18.2 Å². The molecule has 0 aliphatic carbocycles. The third kappa shape index (κ3) is 3.44. The number of likely N-dealkylation sites (N-methyl/N-ethyl adjacent to an activating group) is 1. The molecule has 1 aromatic carbocycles. The van der Waals surface area contributed by atoms with Crippen LogP contribution >= 0.6 is 0 Å². The van der Waals surface area contributed by atoms with Gasteiger partial charge in [0, 0.05) is 25.7 Å². The highest BCUT2D eigenvalue weighted by Gasteiger charge is 2.11. The van der Waals surface area contributed by atoms with Crippen LogP contribution in [0.1, 0.15) is 5.56 Å². The molecule has 0 atom stereocenters. The van der Waals surface area contributed by atoms with Crippen LogP contribution in [0.15, 0.2) is 18.2 Å². The summed E-state index contributed by atoms with van der Waals surface area (Å²) < 4.78 is 5.23. The quantitative estimate of drug-likeness (QED) is 0.586. The van der Waals surface area contributed by atoms with E-state index < -0.39 is 4.92 Å². The van der Waals surface area contributed by atoms with Crippen LogP contribution in [0.5, 0.6) is 5.75 Å². The Morgan fingerprint density at radius 3 is 2.59 bits per heavy atom. The zero-order valence-corrected chi connectivity index (χ0v) is 9.97. The Bertz CT molecular complexity index is 443. The number of aryl methyl sites for hydroxylation is 1. The topological polar surface area (TPSA) is 72.7 Å². The molecule has 0 N–H and O–H groups in total. The van der Waals surface area contributed by atoms with E-state index in [4.69, 9.17) is 4.74 Å². The molecule has 1 amide bonds. The standard InChI is InChI=1S/C11H14N2O4/c1-8-6-9(4-5-10(8)13(15)16)17-7-11(14)12(2)3/h4-6H,7H2,1-3H3. The van der Waals surface area contributed by atoms with Gasteiger partial charge < -0.3 is 9.64 Å². The first-order valence-electron chi connectivity index (χ1n) is 5.00. The minimum atomic E-state index is -0.454. The number of ether oxygens (including phenoxy) is 1. The molecule has 0 fully saturated rings. The maximum absolute atomic E-state index is 11.3. The number of nitro benzene ring substituents is 1. The predicted molar refractivity (Wildman–Crippen MR) is 62.0 cm³/mol. The lowest BCUT2D eigenvalue weighted by atomic mass is 10.2. The van der Waals surface area contributed by atoms with E-state index in [2.05, 4.69) is 0 Å². The van der Waals surface area contributed by atoms with Gasteiger partial charge in [-0.1, -0.05) is 0 Å². The summed E-state index contributed by atoms with van der Waals surface area (Å²) in [6.07, 6.45) is 0. The number of benzene rings is 1. The number of carbonyl (C=O) groups is 1. The van der Waals surface area contributed by atoms with Gasteiger partial charge in [0.2, 0.25) is 0 Å². The Hall–Kier alpha value is -2.11. The van der Waals surface area contributed by atoms with Crippen molar-refractivity contribution in [2.75, 3.05) is 20.7 Å². The van der Waals surface area contributed by atoms with Gasteiger partial charge in [-0.3, -0.25) is 14.9 Å². The Kier molecular flexibility index (Phi) is 4.03. The van der Waals surface area contributed by atoms with Crippen LogP contribution in [0.25, 0.3) is 0 Å². The molecule has 0 heterocycles. The van der Waals surface area contributed by atoms with E-state index in [1.165, 1.54) is 17.0 Å². The fourth-order valence-electron chi connectivity index (χ4n) is 1.20. The number of hydrogen-bond acceptors (Lipinski definition) is 4. The fraction of sp³-hybridized carbons (Fsp3) is 0.364. The van der Waals surface area contributed by atoms with Gasteiger partial charge >= 0.3 is 0 Å². The first kappa shape index (κ1) is 13.0. The molecule has 1 rings (SSSR count). The monoisotopic (exact) mass is 238 g/mol. The third-order valence-corrected chi connectivity index (χ3v) is 2.23. The fourth-order valence-corrected chi connectivity index (χ4v) is 1.20. The van der Waals surface area contributed by atoms with Gasteiger partial charge in [-0.15, -0.1) is 0 Å². The minimum Gasteiger partial charge on any atom is -0.484 e. The summed E-state index contributed by atoms with van der Waals surface area (Å²) in [5, 5.41) is 10.6. The lowest BCUT2D eigenvalue weighted by Gasteiger charge is -2.11. The van der Waals surface area contributed by atoms with E-state index in [1.807, 2.05) is 0 Å². The SMILES string of the molecule is Cc1cc(OCC(=O)N(C)C)ccc1[N+](=O)[O-]. The average molecular weight is 238 g/mol. The van der Waals surface area contributed by atoms with Crippen LogP contribution in [0.2, 0.25) is 0 Å². The molecular formula is C11H14N2O4. The number of hydrogen-bond donors (Lipinski definition) is 0. The number of nitro groups is 1. The van der Waals surface area contributed by atoms with Crippen molar-refractivity contribution in [3.8, 4) is 5.75 Å². The summed E-state index contributed by atoms with van der Waals surface area (Å²) in [4.78, 5) is 22.8. The number of rotatable bonds is 4. The Labute approximate surface area is 98.9 Å². The smallest absolute Gasteiger partial charge is 0.272 e.